The monoisotopic (exact) mass is 209 g/mol. The predicted molar refractivity (Wildman–Crippen MR) is 61.7 cm³/mol. The van der Waals surface area contributed by atoms with Crippen molar-refractivity contribution in [3.63, 3.8) is 0 Å². The lowest BCUT2D eigenvalue weighted by molar-refractivity contribution is 0.0696. The Kier molecular flexibility index (Phi) is 5.64. The lowest BCUT2D eigenvalue weighted by atomic mass is 9.95. The predicted octanol–water partition coefficient (Wildman–Crippen LogP) is 3.45. The van der Waals surface area contributed by atoms with Crippen molar-refractivity contribution in [3.05, 3.63) is 35.4 Å². The topological polar surface area (TPSA) is 72.3 Å². The van der Waals surface area contributed by atoms with Gasteiger partial charge in [-0.25, -0.2) is 4.79 Å². The lowest BCUT2D eigenvalue weighted by Gasteiger charge is -2.10. The zero-order valence-corrected chi connectivity index (χ0v) is 9.36. The standard InChI is InChI=1S/C12H16O2.H3N/c1-3-5-9(2)10-6-4-7-11(8-10)12(13)14;/h4,6-9H,3,5H2,1-2H3,(H,13,14);1H3. The molecular weight excluding hydrogens is 190 g/mol. The van der Waals surface area contributed by atoms with Crippen LogP contribution in [0.4, 0.5) is 0 Å². The third-order valence-corrected chi connectivity index (χ3v) is 2.42. The first kappa shape index (κ1) is 13.7. The van der Waals surface area contributed by atoms with Gasteiger partial charge in [0.1, 0.15) is 0 Å². The molecule has 0 radical (unpaired) electrons. The van der Waals surface area contributed by atoms with E-state index >= 15 is 0 Å². The Morgan fingerprint density at radius 3 is 2.67 bits per heavy atom. The quantitative estimate of drug-likeness (QED) is 0.797. The van der Waals surface area contributed by atoms with E-state index in [0.29, 0.717) is 11.5 Å². The SMILES string of the molecule is CCCC(C)c1cccc(C(=O)O)c1.N. The van der Waals surface area contributed by atoms with Crippen LogP contribution in [0.2, 0.25) is 0 Å². The van der Waals surface area contributed by atoms with Gasteiger partial charge in [0.25, 0.3) is 0 Å². The first-order valence-electron chi connectivity index (χ1n) is 4.98. The molecule has 1 aromatic carbocycles. The van der Waals surface area contributed by atoms with Gasteiger partial charge >= 0.3 is 5.97 Å². The fourth-order valence-corrected chi connectivity index (χ4v) is 1.58. The second-order valence-corrected chi connectivity index (χ2v) is 3.62. The molecule has 0 saturated heterocycles. The van der Waals surface area contributed by atoms with Crippen LogP contribution in [0.15, 0.2) is 24.3 Å². The lowest BCUT2D eigenvalue weighted by Crippen LogP contribution is -1.99. The fourth-order valence-electron chi connectivity index (χ4n) is 1.58. The molecule has 1 atom stereocenters. The molecule has 1 aromatic rings. The Morgan fingerprint density at radius 2 is 2.13 bits per heavy atom. The normalized spacial score (nSPS) is 11.6. The summed E-state index contributed by atoms with van der Waals surface area (Å²) in [5, 5.41) is 8.82. The van der Waals surface area contributed by atoms with E-state index in [9.17, 15) is 4.79 Å². The molecule has 15 heavy (non-hydrogen) atoms. The van der Waals surface area contributed by atoms with Crippen molar-refractivity contribution in [1.29, 1.82) is 0 Å². The maximum absolute atomic E-state index is 10.7. The molecule has 0 aliphatic carbocycles. The van der Waals surface area contributed by atoms with E-state index in [1.807, 2.05) is 12.1 Å². The highest BCUT2D eigenvalue weighted by Gasteiger charge is 2.07. The number of aromatic carboxylic acids is 1. The average Bonchev–Trinajstić information content (AvgIpc) is 2.18. The number of benzene rings is 1. The van der Waals surface area contributed by atoms with Gasteiger partial charge in [-0.05, 0) is 30.0 Å². The molecule has 1 unspecified atom stereocenters. The second-order valence-electron chi connectivity index (χ2n) is 3.62. The van der Waals surface area contributed by atoms with Crippen LogP contribution < -0.4 is 6.15 Å². The third-order valence-electron chi connectivity index (χ3n) is 2.42. The zero-order chi connectivity index (χ0) is 10.6. The molecule has 0 aliphatic rings. The smallest absolute Gasteiger partial charge is 0.335 e. The number of hydrogen-bond donors (Lipinski definition) is 2. The van der Waals surface area contributed by atoms with E-state index in [1.165, 1.54) is 0 Å². The van der Waals surface area contributed by atoms with Gasteiger partial charge in [-0.3, -0.25) is 0 Å². The van der Waals surface area contributed by atoms with E-state index in [4.69, 9.17) is 5.11 Å². The van der Waals surface area contributed by atoms with Crippen LogP contribution in [0.1, 0.15) is 48.5 Å². The minimum atomic E-state index is -0.851. The van der Waals surface area contributed by atoms with Crippen LogP contribution in [-0.2, 0) is 0 Å². The Balaban J connectivity index is 0.00000196. The summed E-state index contributed by atoms with van der Waals surface area (Å²) in [7, 11) is 0. The highest BCUT2D eigenvalue weighted by molar-refractivity contribution is 5.87. The molecule has 0 heterocycles. The summed E-state index contributed by atoms with van der Waals surface area (Å²) in [6.07, 6.45) is 2.22. The largest absolute Gasteiger partial charge is 0.478 e. The average molecular weight is 209 g/mol. The van der Waals surface area contributed by atoms with Crippen LogP contribution in [0.25, 0.3) is 0 Å². The van der Waals surface area contributed by atoms with Gasteiger partial charge in [0.05, 0.1) is 5.56 Å². The summed E-state index contributed by atoms with van der Waals surface area (Å²) in [4.78, 5) is 10.7. The minimum Gasteiger partial charge on any atom is -0.478 e. The molecule has 0 fully saturated rings. The Morgan fingerprint density at radius 1 is 1.47 bits per heavy atom. The van der Waals surface area contributed by atoms with E-state index in [0.717, 1.165) is 18.4 Å². The number of hydrogen-bond acceptors (Lipinski definition) is 2. The van der Waals surface area contributed by atoms with Crippen LogP contribution in [-0.4, -0.2) is 11.1 Å². The molecule has 0 bridgehead atoms. The molecule has 84 valence electrons. The molecule has 1 rings (SSSR count). The first-order chi connectivity index (χ1) is 6.65. The van der Waals surface area contributed by atoms with Crippen molar-refractivity contribution in [3.8, 4) is 0 Å². The van der Waals surface area contributed by atoms with Crippen molar-refractivity contribution in [2.45, 2.75) is 32.6 Å². The maximum atomic E-state index is 10.7. The van der Waals surface area contributed by atoms with Gasteiger partial charge in [-0.15, -0.1) is 0 Å². The summed E-state index contributed by atoms with van der Waals surface area (Å²) in [6.45, 7) is 4.27. The number of carboxylic acid groups (broad SMARTS) is 1. The van der Waals surface area contributed by atoms with Crippen LogP contribution >= 0.6 is 0 Å². The van der Waals surface area contributed by atoms with Crippen molar-refractivity contribution in [2.24, 2.45) is 0 Å². The highest BCUT2D eigenvalue weighted by Crippen LogP contribution is 2.21. The zero-order valence-electron chi connectivity index (χ0n) is 9.36. The molecule has 4 N–H and O–H groups in total. The van der Waals surface area contributed by atoms with E-state index < -0.39 is 5.97 Å². The molecule has 0 saturated carbocycles. The van der Waals surface area contributed by atoms with Crippen LogP contribution in [0.3, 0.4) is 0 Å². The summed E-state index contributed by atoms with van der Waals surface area (Å²) in [5.74, 6) is -0.408. The fraction of sp³-hybridized carbons (Fsp3) is 0.417. The van der Waals surface area contributed by atoms with Crippen molar-refractivity contribution >= 4 is 5.97 Å². The molecule has 3 heteroatoms. The van der Waals surface area contributed by atoms with Gasteiger partial charge < -0.3 is 11.3 Å². The summed E-state index contributed by atoms with van der Waals surface area (Å²) < 4.78 is 0. The van der Waals surface area contributed by atoms with Gasteiger partial charge in [-0.1, -0.05) is 32.4 Å². The van der Waals surface area contributed by atoms with E-state index in [2.05, 4.69) is 13.8 Å². The van der Waals surface area contributed by atoms with Gasteiger partial charge in [-0.2, -0.15) is 0 Å². The third kappa shape index (κ3) is 3.72. The Bertz CT molecular complexity index is 323. The van der Waals surface area contributed by atoms with Crippen molar-refractivity contribution in [2.75, 3.05) is 0 Å². The molecule has 3 nitrogen and oxygen atoms in total. The number of carboxylic acids is 1. The molecule has 0 amide bonds. The van der Waals surface area contributed by atoms with Crippen LogP contribution in [0, 0.1) is 0 Å². The maximum Gasteiger partial charge on any atom is 0.335 e. The Hall–Kier alpha value is -1.35. The molecule has 0 aromatic heterocycles. The van der Waals surface area contributed by atoms with E-state index in [-0.39, 0.29) is 6.15 Å². The minimum absolute atomic E-state index is 0. The van der Waals surface area contributed by atoms with Gasteiger partial charge in [0, 0.05) is 0 Å². The second kappa shape index (κ2) is 6.19. The van der Waals surface area contributed by atoms with Crippen molar-refractivity contribution in [1.82, 2.24) is 6.15 Å². The van der Waals surface area contributed by atoms with Gasteiger partial charge in [0.2, 0.25) is 0 Å². The van der Waals surface area contributed by atoms with Crippen molar-refractivity contribution < 1.29 is 9.90 Å². The summed E-state index contributed by atoms with van der Waals surface area (Å²) >= 11 is 0. The number of rotatable bonds is 4. The number of carbonyl (C=O) groups is 1. The first-order valence-corrected chi connectivity index (χ1v) is 4.98. The molecular formula is C12H19NO2. The summed E-state index contributed by atoms with van der Waals surface area (Å²) in [6, 6.07) is 7.20. The van der Waals surface area contributed by atoms with Gasteiger partial charge in [0.15, 0.2) is 0 Å². The molecule has 0 aliphatic heterocycles. The highest BCUT2D eigenvalue weighted by atomic mass is 16.4. The Labute approximate surface area is 90.7 Å². The van der Waals surface area contributed by atoms with E-state index in [1.54, 1.807) is 12.1 Å². The van der Waals surface area contributed by atoms with Crippen LogP contribution in [0.5, 0.6) is 0 Å². The summed E-state index contributed by atoms with van der Waals surface area (Å²) in [5.41, 5.74) is 1.50. The molecule has 0 spiro atoms.